The molecular weight excluding hydrogens is 335 g/mol. The second-order valence-electron chi connectivity index (χ2n) is 7.28. The van der Waals surface area contributed by atoms with Gasteiger partial charge in [0, 0.05) is 39.6 Å². The molecule has 2 aliphatic heterocycles. The Kier molecular flexibility index (Phi) is 7.43. The molecule has 7 heteroatoms. The highest BCUT2D eigenvalue weighted by Gasteiger charge is 2.35. The molecule has 1 N–H and O–H groups in total. The number of amidine groups is 2. The molecule has 0 aliphatic carbocycles. The number of hydrogen-bond acceptors (Lipinski definition) is 5. The first-order valence-corrected chi connectivity index (χ1v) is 9.58. The first-order chi connectivity index (χ1) is 12.4. The van der Waals surface area contributed by atoms with Crippen LogP contribution in [-0.2, 0) is 4.74 Å². The standard InChI is InChI=1S/C19H33FN4O2/c1-6-15(20)16-11-17(23(4)14(3)22-25)18(26-5)12-19(21-16)24-10-8-7-9-13(24)2/h13,17-18,25H,6-12H2,1-5H3/b16-15-,22-14-/t13-,17-,18?/m1/s1. The van der Waals surface area contributed by atoms with E-state index in [-0.39, 0.29) is 18.0 Å². The van der Waals surface area contributed by atoms with Gasteiger partial charge in [0.05, 0.1) is 17.8 Å². The Morgan fingerprint density at radius 1 is 1.42 bits per heavy atom. The van der Waals surface area contributed by atoms with Crippen LogP contribution in [0.15, 0.2) is 21.7 Å². The molecule has 0 radical (unpaired) electrons. The molecule has 0 aromatic rings. The van der Waals surface area contributed by atoms with Gasteiger partial charge >= 0.3 is 0 Å². The lowest BCUT2D eigenvalue weighted by atomic mass is 9.99. The van der Waals surface area contributed by atoms with Crippen LogP contribution < -0.4 is 0 Å². The molecule has 1 fully saturated rings. The number of likely N-dealkylation sites (N-methyl/N-ethyl adjacent to an activating group) is 1. The Morgan fingerprint density at radius 2 is 2.15 bits per heavy atom. The number of oxime groups is 1. The lowest BCUT2D eigenvalue weighted by Gasteiger charge is -2.38. The average Bonchev–Trinajstić information content (AvgIpc) is 2.86. The van der Waals surface area contributed by atoms with Gasteiger partial charge in [-0.1, -0.05) is 12.1 Å². The topological polar surface area (TPSA) is 60.7 Å². The van der Waals surface area contributed by atoms with Crippen molar-refractivity contribution in [2.45, 2.75) is 77.5 Å². The maximum atomic E-state index is 14.6. The summed E-state index contributed by atoms with van der Waals surface area (Å²) in [6.07, 6.45) is 4.70. The van der Waals surface area contributed by atoms with Gasteiger partial charge in [0.2, 0.25) is 0 Å². The van der Waals surface area contributed by atoms with E-state index in [2.05, 4.69) is 17.0 Å². The number of halogens is 1. The summed E-state index contributed by atoms with van der Waals surface area (Å²) < 4.78 is 20.4. The molecule has 148 valence electrons. The number of hydrogen-bond donors (Lipinski definition) is 1. The van der Waals surface area contributed by atoms with Crippen molar-refractivity contribution in [3.63, 3.8) is 0 Å². The summed E-state index contributed by atoms with van der Waals surface area (Å²) in [6, 6.07) is 0.255. The second-order valence-corrected chi connectivity index (χ2v) is 7.28. The van der Waals surface area contributed by atoms with Gasteiger partial charge in [-0.15, -0.1) is 0 Å². The molecular formula is C19H33FN4O2. The van der Waals surface area contributed by atoms with Crippen molar-refractivity contribution in [2.24, 2.45) is 10.1 Å². The van der Waals surface area contributed by atoms with Crippen LogP contribution in [0.5, 0.6) is 0 Å². The number of piperidine rings is 1. The van der Waals surface area contributed by atoms with E-state index in [4.69, 9.17) is 14.9 Å². The van der Waals surface area contributed by atoms with Gasteiger partial charge in [0.15, 0.2) is 0 Å². The summed E-state index contributed by atoms with van der Waals surface area (Å²) in [5, 5.41) is 12.5. The van der Waals surface area contributed by atoms with E-state index in [1.54, 1.807) is 21.0 Å². The number of rotatable bonds is 3. The second kappa shape index (κ2) is 9.35. The van der Waals surface area contributed by atoms with E-state index in [9.17, 15) is 4.39 Å². The van der Waals surface area contributed by atoms with E-state index in [0.29, 0.717) is 36.8 Å². The third kappa shape index (κ3) is 4.55. The normalized spacial score (nSPS) is 29.9. The number of ether oxygens (including phenoxy) is 1. The summed E-state index contributed by atoms with van der Waals surface area (Å²) >= 11 is 0. The highest BCUT2D eigenvalue weighted by molar-refractivity contribution is 5.85. The van der Waals surface area contributed by atoms with Crippen LogP contribution in [0.4, 0.5) is 4.39 Å². The Labute approximate surface area is 156 Å². The molecule has 6 nitrogen and oxygen atoms in total. The van der Waals surface area contributed by atoms with E-state index in [1.165, 1.54) is 6.42 Å². The van der Waals surface area contributed by atoms with Crippen LogP contribution in [0.3, 0.4) is 0 Å². The fraction of sp³-hybridized carbons (Fsp3) is 0.789. The quantitative estimate of drug-likeness (QED) is 0.357. The molecule has 2 heterocycles. The Balaban J connectivity index is 2.41. The lowest BCUT2D eigenvalue weighted by Crippen LogP contribution is -2.47. The Bertz CT molecular complexity index is 576. The molecule has 2 rings (SSSR count). The first-order valence-electron chi connectivity index (χ1n) is 9.58. The number of allylic oxidation sites excluding steroid dienone is 1. The molecule has 1 unspecified atom stereocenters. The van der Waals surface area contributed by atoms with Gasteiger partial charge in [-0.2, -0.15) is 0 Å². The summed E-state index contributed by atoms with van der Waals surface area (Å²) in [5.74, 6) is 1.21. The van der Waals surface area contributed by atoms with Gasteiger partial charge < -0.3 is 19.7 Å². The van der Waals surface area contributed by atoms with Gasteiger partial charge in [0.25, 0.3) is 0 Å². The van der Waals surface area contributed by atoms with Crippen LogP contribution in [0.1, 0.15) is 59.3 Å². The molecule has 3 atom stereocenters. The van der Waals surface area contributed by atoms with Crippen molar-refractivity contribution in [3.8, 4) is 0 Å². The van der Waals surface area contributed by atoms with Crippen LogP contribution >= 0.6 is 0 Å². The van der Waals surface area contributed by atoms with Crippen molar-refractivity contribution < 1.29 is 14.3 Å². The molecule has 1 saturated heterocycles. The van der Waals surface area contributed by atoms with E-state index in [0.717, 1.165) is 25.2 Å². The van der Waals surface area contributed by atoms with Gasteiger partial charge in [-0.3, -0.25) is 0 Å². The monoisotopic (exact) mass is 368 g/mol. The van der Waals surface area contributed by atoms with Gasteiger partial charge in [-0.05, 0) is 39.5 Å². The minimum absolute atomic E-state index is 0.149. The number of likely N-dealkylation sites (tertiary alicyclic amines) is 1. The minimum atomic E-state index is -0.180. The molecule has 0 aromatic carbocycles. The fourth-order valence-corrected chi connectivity index (χ4v) is 3.87. The van der Waals surface area contributed by atoms with Crippen molar-refractivity contribution in [2.75, 3.05) is 20.7 Å². The highest BCUT2D eigenvalue weighted by Crippen LogP contribution is 2.30. The number of nitrogens with zero attached hydrogens (tertiary/aromatic N) is 4. The van der Waals surface area contributed by atoms with Crippen molar-refractivity contribution >= 4 is 11.7 Å². The molecule has 0 amide bonds. The molecule has 0 spiro atoms. The van der Waals surface area contributed by atoms with Crippen molar-refractivity contribution in [1.29, 1.82) is 0 Å². The third-order valence-electron chi connectivity index (χ3n) is 5.69. The maximum absolute atomic E-state index is 14.6. The molecule has 0 aromatic heterocycles. The molecule has 2 aliphatic rings. The van der Waals surface area contributed by atoms with Crippen LogP contribution in [0, 0.1) is 0 Å². The van der Waals surface area contributed by atoms with Gasteiger partial charge in [0.1, 0.15) is 17.5 Å². The predicted molar refractivity (Wildman–Crippen MR) is 102 cm³/mol. The third-order valence-corrected chi connectivity index (χ3v) is 5.69. The summed E-state index contributed by atoms with van der Waals surface area (Å²) in [4.78, 5) is 8.94. The zero-order valence-corrected chi connectivity index (χ0v) is 16.7. The van der Waals surface area contributed by atoms with E-state index >= 15 is 0 Å². The maximum Gasteiger partial charge on any atom is 0.141 e. The Morgan fingerprint density at radius 3 is 2.73 bits per heavy atom. The van der Waals surface area contributed by atoms with E-state index in [1.807, 2.05) is 11.9 Å². The fourth-order valence-electron chi connectivity index (χ4n) is 3.87. The van der Waals surface area contributed by atoms with Crippen LogP contribution in [0.25, 0.3) is 0 Å². The van der Waals surface area contributed by atoms with E-state index < -0.39 is 0 Å². The first kappa shape index (κ1) is 20.7. The summed E-state index contributed by atoms with van der Waals surface area (Å²) in [7, 11) is 3.53. The smallest absolute Gasteiger partial charge is 0.141 e. The summed E-state index contributed by atoms with van der Waals surface area (Å²) in [5.41, 5.74) is 0.488. The predicted octanol–water partition coefficient (Wildman–Crippen LogP) is 3.77. The number of methoxy groups -OCH3 is 1. The Hall–Kier alpha value is -1.63. The molecule has 0 saturated carbocycles. The van der Waals surface area contributed by atoms with Gasteiger partial charge in [-0.25, -0.2) is 9.38 Å². The average molecular weight is 368 g/mol. The van der Waals surface area contributed by atoms with Crippen molar-refractivity contribution in [3.05, 3.63) is 11.5 Å². The van der Waals surface area contributed by atoms with Crippen molar-refractivity contribution in [1.82, 2.24) is 9.80 Å². The van der Waals surface area contributed by atoms with Crippen LogP contribution in [0.2, 0.25) is 0 Å². The SMILES string of the molecule is CC/C(F)=C1\C[C@@H](N(C)/C(C)=N\O)C(OC)CC(N2CCCC[C@H]2C)=N1. The summed E-state index contributed by atoms with van der Waals surface area (Å²) in [6.45, 7) is 6.69. The molecule has 0 bridgehead atoms. The van der Waals surface area contributed by atoms with Crippen LogP contribution in [-0.4, -0.2) is 65.6 Å². The minimum Gasteiger partial charge on any atom is -0.409 e. The largest absolute Gasteiger partial charge is 0.409 e. The molecule has 26 heavy (non-hydrogen) atoms. The number of aliphatic imine (C=N–C) groups is 1. The zero-order chi connectivity index (χ0) is 19.3. The lowest BCUT2D eigenvalue weighted by molar-refractivity contribution is 0.0475. The zero-order valence-electron chi connectivity index (χ0n) is 16.7. The highest BCUT2D eigenvalue weighted by atomic mass is 19.1.